The zero-order valence-electron chi connectivity index (χ0n) is 15.8. The molecule has 0 bridgehead atoms. The number of methoxy groups -OCH3 is 1. The van der Waals surface area contributed by atoms with Crippen LogP contribution in [0.2, 0.25) is 5.02 Å². The third kappa shape index (κ3) is 5.80. The lowest BCUT2D eigenvalue weighted by molar-refractivity contribution is -0.116. The number of ether oxygens (including phenoxy) is 1. The smallest absolute Gasteiger partial charge is 0.258 e. The van der Waals surface area contributed by atoms with Gasteiger partial charge >= 0.3 is 0 Å². The second-order valence-electron chi connectivity index (χ2n) is 6.26. The highest BCUT2D eigenvalue weighted by molar-refractivity contribution is 6.30. The normalized spacial score (nSPS) is 10.3. The Kier molecular flexibility index (Phi) is 6.81. The first-order chi connectivity index (χ1) is 14.0. The molecule has 2 N–H and O–H groups in total. The van der Waals surface area contributed by atoms with Crippen molar-refractivity contribution in [3.63, 3.8) is 0 Å². The van der Waals surface area contributed by atoms with Crippen LogP contribution in [0.4, 0.5) is 11.5 Å². The van der Waals surface area contributed by atoms with Crippen LogP contribution in [-0.2, 0) is 11.2 Å². The minimum atomic E-state index is -0.372. The van der Waals surface area contributed by atoms with E-state index in [9.17, 15) is 9.59 Å². The van der Waals surface area contributed by atoms with Crippen LogP contribution < -0.4 is 15.4 Å². The van der Waals surface area contributed by atoms with Crippen molar-refractivity contribution >= 4 is 34.9 Å². The number of aromatic nitrogens is 1. The molecule has 1 heterocycles. The molecule has 3 aromatic rings. The van der Waals surface area contributed by atoms with Crippen LogP contribution in [-0.4, -0.2) is 23.9 Å². The average molecular weight is 410 g/mol. The molecule has 2 aromatic carbocycles. The van der Waals surface area contributed by atoms with Gasteiger partial charge in [0, 0.05) is 12.6 Å². The fourth-order valence-electron chi connectivity index (χ4n) is 2.72. The highest BCUT2D eigenvalue weighted by Gasteiger charge is 2.14. The predicted molar refractivity (Wildman–Crippen MR) is 114 cm³/mol. The molecule has 1 aromatic heterocycles. The number of amides is 2. The number of pyridine rings is 1. The summed E-state index contributed by atoms with van der Waals surface area (Å²) in [5, 5.41) is 5.99. The van der Waals surface area contributed by atoms with Gasteiger partial charge in [-0.25, -0.2) is 4.98 Å². The van der Waals surface area contributed by atoms with E-state index in [0.717, 1.165) is 11.3 Å². The van der Waals surface area contributed by atoms with Gasteiger partial charge < -0.3 is 15.4 Å². The van der Waals surface area contributed by atoms with Gasteiger partial charge in [-0.3, -0.25) is 9.59 Å². The molecule has 0 aliphatic heterocycles. The minimum absolute atomic E-state index is 0.183. The second kappa shape index (κ2) is 9.71. The standard InChI is InChI=1S/C22H20ClN3O3/c1-29-17-6-4-5-15(13-17)9-12-21(27)25-19-8-3-2-7-18(19)22(28)26-20-11-10-16(23)14-24-20/h2-8,10-11,13-14H,9,12H2,1H3,(H,25,27)(H,24,26,28). The fourth-order valence-corrected chi connectivity index (χ4v) is 2.83. The SMILES string of the molecule is COc1cccc(CCC(=O)Nc2ccccc2C(=O)Nc2ccc(Cl)cn2)c1. The Morgan fingerprint density at radius 2 is 1.86 bits per heavy atom. The Bertz CT molecular complexity index is 1010. The van der Waals surface area contributed by atoms with Crippen LogP contribution in [0.3, 0.4) is 0 Å². The maximum absolute atomic E-state index is 12.6. The summed E-state index contributed by atoms with van der Waals surface area (Å²) in [7, 11) is 1.60. The zero-order valence-corrected chi connectivity index (χ0v) is 16.6. The third-order valence-corrected chi connectivity index (χ3v) is 4.41. The largest absolute Gasteiger partial charge is 0.497 e. The van der Waals surface area contributed by atoms with Crippen molar-refractivity contribution in [1.29, 1.82) is 0 Å². The highest BCUT2D eigenvalue weighted by atomic mass is 35.5. The topological polar surface area (TPSA) is 80.3 Å². The van der Waals surface area contributed by atoms with Crippen LogP contribution in [0, 0.1) is 0 Å². The molecule has 0 unspecified atom stereocenters. The molecule has 0 atom stereocenters. The Balaban J connectivity index is 1.64. The number of nitrogens with zero attached hydrogens (tertiary/aromatic N) is 1. The number of nitrogens with one attached hydrogen (secondary N) is 2. The third-order valence-electron chi connectivity index (χ3n) is 4.19. The number of benzene rings is 2. The predicted octanol–water partition coefficient (Wildman–Crippen LogP) is 4.57. The van der Waals surface area contributed by atoms with E-state index in [1.54, 1.807) is 43.5 Å². The number of hydrogen-bond acceptors (Lipinski definition) is 4. The van der Waals surface area contributed by atoms with Gasteiger partial charge in [0.05, 0.1) is 23.4 Å². The van der Waals surface area contributed by atoms with E-state index in [1.807, 2.05) is 24.3 Å². The van der Waals surface area contributed by atoms with Crippen molar-refractivity contribution in [2.24, 2.45) is 0 Å². The summed E-state index contributed by atoms with van der Waals surface area (Å²) in [5.41, 5.74) is 1.79. The summed E-state index contributed by atoms with van der Waals surface area (Å²) in [5.74, 6) is 0.570. The van der Waals surface area contributed by atoms with Crippen LogP contribution in [0.25, 0.3) is 0 Å². The van der Waals surface area contributed by atoms with Gasteiger partial charge in [0.25, 0.3) is 5.91 Å². The summed E-state index contributed by atoms with van der Waals surface area (Å²) in [4.78, 5) is 29.1. The molecule has 3 rings (SSSR count). The fraction of sp³-hybridized carbons (Fsp3) is 0.136. The van der Waals surface area contributed by atoms with E-state index in [4.69, 9.17) is 16.3 Å². The molecular formula is C22H20ClN3O3. The molecule has 29 heavy (non-hydrogen) atoms. The number of para-hydroxylation sites is 1. The van der Waals surface area contributed by atoms with E-state index in [1.165, 1.54) is 6.20 Å². The van der Waals surface area contributed by atoms with Gasteiger partial charge in [-0.05, 0) is 48.4 Å². The highest BCUT2D eigenvalue weighted by Crippen LogP contribution is 2.19. The summed E-state index contributed by atoms with van der Waals surface area (Å²) in [6.07, 6.45) is 2.29. The minimum Gasteiger partial charge on any atom is -0.497 e. The van der Waals surface area contributed by atoms with Gasteiger partial charge in [0.1, 0.15) is 11.6 Å². The van der Waals surface area contributed by atoms with Crippen LogP contribution >= 0.6 is 11.6 Å². The lowest BCUT2D eigenvalue weighted by Gasteiger charge is -2.11. The maximum Gasteiger partial charge on any atom is 0.258 e. The Hall–Kier alpha value is -3.38. The molecule has 7 heteroatoms. The first-order valence-corrected chi connectivity index (χ1v) is 9.37. The number of aryl methyl sites for hydroxylation is 1. The molecule has 0 radical (unpaired) electrons. The zero-order chi connectivity index (χ0) is 20.6. The van der Waals surface area contributed by atoms with Crippen molar-refractivity contribution < 1.29 is 14.3 Å². The monoisotopic (exact) mass is 409 g/mol. The van der Waals surface area contributed by atoms with Gasteiger partial charge in [0.15, 0.2) is 0 Å². The van der Waals surface area contributed by atoms with Gasteiger partial charge in [0.2, 0.25) is 5.91 Å². The molecule has 148 valence electrons. The Labute approximate surface area is 173 Å². The van der Waals surface area contributed by atoms with Gasteiger partial charge in [-0.15, -0.1) is 0 Å². The van der Waals surface area contributed by atoms with Crippen molar-refractivity contribution in [3.8, 4) is 5.75 Å². The number of carbonyl (C=O) groups is 2. The van der Waals surface area contributed by atoms with E-state index in [-0.39, 0.29) is 18.2 Å². The van der Waals surface area contributed by atoms with Crippen molar-refractivity contribution in [2.45, 2.75) is 12.8 Å². The van der Waals surface area contributed by atoms with Crippen molar-refractivity contribution in [1.82, 2.24) is 4.98 Å². The molecule has 0 fully saturated rings. The van der Waals surface area contributed by atoms with Crippen LogP contribution in [0.5, 0.6) is 5.75 Å². The molecule has 6 nitrogen and oxygen atoms in total. The lowest BCUT2D eigenvalue weighted by atomic mass is 10.1. The van der Waals surface area contributed by atoms with E-state index >= 15 is 0 Å². The first-order valence-electron chi connectivity index (χ1n) is 9.00. The molecule has 0 aliphatic rings. The maximum atomic E-state index is 12.6. The number of carbonyl (C=O) groups excluding carboxylic acids is 2. The van der Waals surface area contributed by atoms with Gasteiger partial charge in [-0.1, -0.05) is 35.9 Å². The number of hydrogen-bond donors (Lipinski definition) is 2. The summed E-state index contributed by atoms with van der Waals surface area (Å²) in [6.45, 7) is 0. The van der Waals surface area contributed by atoms with Crippen molar-refractivity contribution in [3.05, 3.63) is 83.0 Å². The number of halogens is 1. The van der Waals surface area contributed by atoms with Gasteiger partial charge in [-0.2, -0.15) is 0 Å². The van der Waals surface area contributed by atoms with Crippen LogP contribution in [0.1, 0.15) is 22.3 Å². The van der Waals surface area contributed by atoms with E-state index in [0.29, 0.717) is 28.5 Å². The summed E-state index contributed by atoms with van der Waals surface area (Å²) < 4.78 is 5.20. The first kappa shape index (κ1) is 20.4. The van der Waals surface area contributed by atoms with E-state index < -0.39 is 0 Å². The Morgan fingerprint density at radius 1 is 1.03 bits per heavy atom. The number of rotatable bonds is 7. The van der Waals surface area contributed by atoms with Crippen molar-refractivity contribution in [2.75, 3.05) is 17.7 Å². The summed E-state index contributed by atoms with van der Waals surface area (Å²) >= 11 is 5.81. The molecule has 0 spiro atoms. The molecule has 2 amide bonds. The number of anilines is 2. The quantitative estimate of drug-likeness (QED) is 0.599. The Morgan fingerprint density at radius 3 is 2.62 bits per heavy atom. The molecule has 0 saturated heterocycles. The lowest BCUT2D eigenvalue weighted by Crippen LogP contribution is -2.18. The average Bonchev–Trinajstić information content (AvgIpc) is 2.74. The molecular weight excluding hydrogens is 390 g/mol. The summed E-state index contributed by atoms with van der Waals surface area (Å²) in [6, 6.07) is 17.6. The molecule has 0 aliphatic carbocycles. The second-order valence-corrected chi connectivity index (χ2v) is 6.70. The van der Waals surface area contributed by atoms with E-state index in [2.05, 4.69) is 15.6 Å². The van der Waals surface area contributed by atoms with Crippen LogP contribution in [0.15, 0.2) is 66.9 Å². The molecule has 0 saturated carbocycles.